The topological polar surface area (TPSA) is 79.6 Å². The molecular weight excluding hydrogens is 262 g/mol. The van der Waals surface area contributed by atoms with Gasteiger partial charge in [-0.05, 0) is 28.1 Å². The molecule has 1 aromatic heterocycles. The van der Waals surface area contributed by atoms with Crippen LogP contribution in [0, 0.1) is 0 Å². The smallest absolute Gasteiger partial charge is 0.135 e. The highest BCUT2D eigenvalue weighted by Crippen LogP contribution is 2.38. The first-order valence-corrected chi connectivity index (χ1v) is 5.19. The fourth-order valence-electron chi connectivity index (χ4n) is 1.46. The first-order valence-electron chi connectivity index (χ1n) is 4.40. The van der Waals surface area contributed by atoms with Crippen LogP contribution in [0.25, 0.3) is 11.0 Å². The fourth-order valence-corrected chi connectivity index (χ4v) is 2.02. The van der Waals surface area contributed by atoms with Gasteiger partial charge in [0.15, 0.2) is 0 Å². The van der Waals surface area contributed by atoms with E-state index in [-0.39, 0.29) is 12.4 Å². The Labute approximate surface area is 94.4 Å². The quantitative estimate of drug-likeness (QED) is 0.780. The molecule has 15 heavy (non-hydrogen) atoms. The van der Waals surface area contributed by atoms with Crippen LogP contribution in [0.5, 0.6) is 5.75 Å². The average molecular weight is 272 g/mol. The summed E-state index contributed by atoms with van der Waals surface area (Å²) < 4.78 is 5.75. The van der Waals surface area contributed by atoms with Crippen molar-refractivity contribution in [1.29, 1.82) is 0 Å². The van der Waals surface area contributed by atoms with Crippen molar-refractivity contribution in [3.8, 4) is 5.75 Å². The molecule has 0 amide bonds. The van der Waals surface area contributed by atoms with Crippen LogP contribution in [0.1, 0.15) is 11.6 Å². The third-order valence-corrected chi connectivity index (χ3v) is 3.10. The third kappa shape index (κ3) is 1.62. The van der Waals surface area contributed by atoms with E-state index >= 15 is 0 Å². The molecule has 5 heteroatoms. The zero-order valence-electron chi connectivity index (χ0n) is 7.77. The van der Waals surface area contributed by atoms with Crippen molar-refractivity contribution >= 4 is 26.9 Å². The molecule has 0 fully saturated rings. The van der Waals surface area contributed by atoms with E-state index in [0.717, 1.165) is 5.39 Å². The van der Waals surface area contributed by atoms with E-state index in [1.54, 1.807) is 12.1 Å². The lowest BCUT2D eigenvalue weighted by Crippen LogP contribution is -2.14. The monoisotopic (exact) mass is 271 g/mol. The van der Waals surface area contributed by atoms with E-state index in [0.29, 0.717) is 15.6 Å². The maximum Gasteiger partial charge on any atom is 0.135 e. The number of phenols is 1. The Kier molecular flexibility index (Phi) is 2.68. The zero-order valence-corrected chi connectivity index (χ0v) is 9.36. The normalized spacial score (nSPS) is 13.3. The number of nitrogens with two attached hydrogens (primary N) is 1. The van der Waals surface area contributed by atoms with Gasteiger partial charge in [-0.2, -0.15) is 0 Å². The molecule has 0 aliphatic heterocycles. The molecule has 2 rings (SSSR count). The van der Waals surface area contributed by atoms with Crippen molar-refractivity contribution in [2.45, 2.75) is 6.04 Å². The summed E-state index contributed by atoms with van der Waals surface area (Å²) >= 11 is 3.26. The minimum absolute atomic E-state index is 0.0467. The molecule has 0 bridgehead atoms. The number of aliphatic hydroxyl groups excluding tert-OH is 1. The largest absolute Gasteiger partial charge is 0.506 e. The molecule has 0 saturated heterocycles. The average Bonchev–Trinajstić information content (AvgIpc) is 2.70. The summed E-state index contributed by atoms with van der Waals surface area (Å²) in [5, 5.41) is 19.6. The lowest BCUT2D eigenvalue weighted by Gasteiger charge is -2.12. The molecule has 2 aromatic rings. The SMILES string of the molecule is NC(CO)c1cc2occc2c(Br)c1O. The zero-order chi connectivity index (χ0) is 11.0. The molecule has 1 heterocycles. The number of aromatic hydroxyl groups is 1. The van der Waals surface area contributed by atoms with Gasteiger partial charge >= 0.3 is 0 Å². The molecule has 4 nitrogen and oxygen atoms in total. The number of halogens is 1. The number of rotatable bonds is 2. The predicted octanol–water partition coefficient (Wildman–Crippen LogP) is 1.89. The Hall–Kier alpha value is -1.04. The van der Waals surface area contributed by atoms with Gasteiger partial charge in [0.25, 0.3) is 0 Å². The summed E-state index contributed by atoms with van der Waals surface area (Å²) in [4.78, 5) is 0. The molecule has 0 saturated carbocycles. The maximum atomic E-state index is 9.84. The summed E-state index contributed by atoms with van der Waals surface area (Å²) in [6.45, 7) is -0.230. The molecule has 0 aliphatic rings. The van der Waals surface area contributed by atoms with Gasteiger partial charge in [-0.3, -0.25) is 0 Å². The second-order valence-corrected chi connectivity index (χ2v) is 4.04. The van der Waals surface area contributed by atoms with Gasteiger partial charge in [0.2, 0.25) is 0 Å². The van der Waals surface area contributed by atoms with Gasteiger partial charge in [-0.1, -0.05) is 0 Å². The highest BCUT2D eigenvalue weighted by Gasteiger charge is 2.16. The van der Waals surface area contributed by atoms with Gasteiger partial charge in [-0.15, -0.1) is 0 Å². The van der Waals surface area contributed by atoms with Gasteiger partial charge in [-0.25, -0.2) is 0 Å². The second-order valence-electron chi connectivity index (χ2n) is 3.25. The van der Waals surface area contributed by atoms with Crippen LogP contribution in [-0.2, 0) is 0 Å². The summed E-state index contributed by atoms with van der Waals surface area (Å²) in [5.74, 6) is 0.0467. The van der Waals surface area contributed by atoms with Gasteiger partial charge in [0, 0.05) is 10.9 Å². The third-order valence-electron chi connectivity index (χ3n) is 2.30. The van der Waals surface area contributed by atoms with Crippen LogP contribution in [0.4, 0.5) is 0 Å². The maximum absolute atomic E-state index is 9.84. The first-order chi connectivity index (χ1) is 7.15. The fraction of sp³-hybridized carbons (Fsp3) is 0.200. The highest BCUT2D eigenvalue weighted by molar-refractivity contribution is 9.10. The summed E-state index contributed by atoms with van der Waals surface area (Å²) in [7, 11) is 0. The van der Waals surface area contributed by atoms with E-state index in [9.17, 15) is 5.11 Å². The van der Waals surface area contributed by atoms with Crippen molar-refractivity contribution in [2.75, 3.05) is 6.61 Å². The second kappa shape index (κ2) is 3.84. The molecule has 1 unspecified atom stereocenters. The van der Waals surface area contributed by atoms with Gasteiger partial charge < -0.3 is 20.4 Å². The lowest BCUT2D eigenvalue weighted by molar-refractivity contribution is 0.265. The van der Waals surface area contributed by atoms with Crippen molar-refractivity contribution in [3.05, 3.63) is 28.4 Å². The standard InChI is InChI=1S/C10H10BrNO3/c11-9-5-1-2-15-8(5)3-6(10(9)14)7(12)4-13/h1-3,7,13-14H,4,12H2. The number of fused-ring (bicyclic) bond motifs is 1. The number of benzene rings is 1. The Balaban J connectivity index is 2.70. The van der Waals surface area contributed by atoms with Crippen LogP contribution in [0.2, 0.25) is 0 Å². The first kappa shape index (κ1) is 10.5. The number of hydrogen-bond donors (Lipinski definition) is 3. The minimum Gasteiger partial charge on any atom is -0.506 e. The van der Waals surface area contributed by atoms with Crippen molar-refractivity contribution in [3.63, 3.8) is 0 Å². The Bertz CT molecular complexity index is 495. The molecule has 0 spiro atoms. The molecular formula is C10H10BrNO3. The van der Waals surface area contributed by atoms with Crippen LogP contribution < -0.4 is 5.73 Å². The summed E-state index contributed by atoms with van der Waals surface area (Å²) in [6.07, 6.45) is 1.53. The predicted molar refractivity (Wildman–Crippen MR) is 59.6 cm³/mol. The van der Waals surface area contributed by atoms with Gasteiger partial charge in [0.05, 0.1) is 23.4 Å². The highest BCUT2D eigenvalue weighted by atomic mass is 79.9. The van der Waals surface area contributed by atoms with E-state index in [2.05, 4.69) is 15.9 Å². The molecule has 0 aliphatic carbocycles. The Morgan fingerprint density at radius 3 is 2.93 bits per heavy atom. The van der Waals surface area contributed by atoms with Crippen molar-refractivity contribution in [1.82, 2.24) is 0 Å². The lowest BCUT2D eigenvalue weighted by atomic mass is 10.1. The van der Waals surface area contributed by atoms with Crippen LogP contribution in [0.15, 0.2) is 27.3 Å². The van der Waals surface area contributed by atoms with E-state index < -0.39 is 6.04 Å². The van der Waals surface area contributed by atoms with E-state index in [4.69, 9.17) is 15.3 Å². The minimum atomic E-state index is -0.615. The molecule has 1 atom stereocenters. The molecule has 1 aromatic carbocycles. The van der Waals surface area contributed by atoms with Crippen LogP contribution in [0.3, 0.4) is 0 Å². The van der Waals surface area contributed by atoms with Crippen molar-refractivity contribution in [2.24, 2.45) is 5.73 Å². The summed E-state index contributed by atoms with van der Waals surface area (Å²) in [6, 6.07) is 2.76. The number of furan rings is 1. The van der Waals surface area contributed by atoms with Crippen LogP contribution in [-0.4, -0.2) is 16.8 Å². The Morgan fingerprint density at radius 1 is 1.53 bits per heavy atom. The van der Waals surface area contributed by atoms with E-state index in [1.807, 2.05) is 0 Å². The molecule has 0 radical (unpaired) electrons. The Morgan fingerprint density at radius 2 is 2.27 bits per heavy atom. The number of aliphatic hydroxyl groups is 1. The van der Waals surface area contributed by atoms with Crippen LogP contribution >= 0.6 is 15.9 Å². The van der Waals surface area contributed by atoms with E-state index in [1.165, 1.54) is 6.26 Å². The summed E-state index contributed by atoms with van der Waals surface area (Å²) in [5.41, 5.74) is 6.74. The number of phenolic OH excluding ortho intramolecular Hbond substituents is 1. The van der Waals surface area contributed by atoms with Gasteiger partial charge in [0.1, 0.15) is 11.3 Å². The molecule has 80 valence electrons. The van der Waals surface area contributed by atoms with Crippen molar-refractivity contribution < 1.29 is 14.6 Å². The number of hydrogen-bond acceptors (Lipinski definition) is 4. The molecule has 4 N–H and O–H groups in total.